The molecular weight excluding hydrogens is 412 g/mol. The maximum atomic E-state index is 12.9. The van der Waals surface area contributed by atoms with Crippen LogP contribution in [0.5, 0.6) is 0 Å². The number of anilines is 1. The highest BCUT2D eigenvalue weighted by Gasteiger charge is 2.44. The Hall–Kier alpha value is -4.01. The lowest BCUT2D eigenvalue weighted by atomic mass is 10.0. The molecule has 9 nitrogen and oxygen atoms in total. The van der Waals surface area contributed by atoms with Crippen molar-refractivity contribution in [1.29, 1.82) is 0 Å². The van der Waals surface area contributed by atoms with Gasteiger partial charge in [0.1, 0.15) is 6.04 Å². The number of benzene rings is 2. The Balaban J connectivity index is 1.33. The smallest absolute Gasteiger partial charge is 0.319 e. The van der Waals surface area contributed by atoms with Gasteiger partial charge in [-0.3, -0.25) is 29.4 Å². The van der Waals surface area contributed by atoms with Gasteiger partial charge in [0.15, 0.2) is 0 Å². The van der Waals surface area contributed by atoms with Crippen LogP contribution in [0.15, 0.2) is 48.5 Å². The molecule has 0 aromatic heterocycles. The highest BCUT2D eigenvalue weighted by atomic mass is 16.2. The molecule has 1 fully saturated rings. The number of nitrogens with one attached hydrogen (secondary N) is 3. The molecule has 2 aliphatic rings. The topological polar surface area (TPSA) is 125 Å². The summed E-state index contributed by atoms with van der Waals surface area (Å²) in [5.41, 5.74) is 2.06. The van der Waals surface area contributed by atoms with E-state index in [-0.39, 0.29) is 30.0 Å². The number of fused-ring (bicyclic) bond motifs is 1. The van der Waals surface area contributed by atoms with Crippen molar-refractivity contribution in [2.75, 3.05) is 11.9 Å². The molecule has 1 atom stereocenters. The van der Waals surface area contributed by atoms with Crippen LogP contribution in [0.25, 0.3) is 0 Å². The van der Waals surface area contributed by atoms with E-state index in [1.165, 1.54) is 0 Å². The summed E-state index contributed by atoms with van der Waals surface area (Å²) in [6, 6.07) is 12.8. The lowest BCUT2D eigenvalue weighted by Crippen LogP contribution is -2.54. The summed E-state index contributed by atoms with van der Waals surface area (Å²) >= 11 is 0. The molecule has 1 saturated heterocycles. The van der Waals surface area contributed by atoms with Crippen molar-refractivity contribution < 1.29 is 24.0 Å². The fraction of sp³-hybridized carbons (Fsp3) is 0.261. The van der Waals surface area contributed by atoms with Crippen LogP contribution in [-0.2, 0) is 16.0 Å². The number of para-hydroxylation sites is 1. The van der Waals surface area contributed by atoms with Crippen LogP contribution >= 0.6 is 0 Å². The monoisotopic (exact) mass is 434 g/mol. The summed E-state index contributed by atoms with van der Waals surface area (Å²) in [6.45, 7) is 0.436. The summed E-state index contributed by atoms with van der Waals surface area (Å²) in [5, 5.41) is 7.69. The van der Waals surface area contributed by atoms with E-state index in [1.54, 1.807) is 30.3 Å². The lowest BCUT2D eigenvalue weighted by molar-refractivity contribution is -0.136. The maximum Gasteiger partial charge on any atom is 0.319 e. The van der Waals surface area contributed by atoms with E-state index in [0.717, 1.165) is 10.5 Å². The van der Waals surface area contributed by atoms with E-state index in [2.05, 4.69) is 16.0 Å². The van der Waals surface area contributed by atoms with Gasteiger partial charge in [-0.2, -0.15) is 0 Å². The van der Waals surface area contributed by atoms with Crippen molar-refractivity contribution >= 4 is 35.3 Å². The van der Waals surface area contributed by atoms with Gasteiger partial charge in [-0.05, 0) is 49.1 Å². The normalized spacial score (nSPS) is 17.8. The van der Waals surface area contributed by atoms with Crippen molar-refractivity contribution in [1.82, 2.24) is 15.5 Å². The Morgan fingerprint density at radius 1 is 1.00 bits per heavy atom. The van der Waals surface area contributed by atoms with Gasteiger partial charge < -0.3 is 10.6 Å². The van der Waals surface area contributed by atoms with Gasteiger partial charge in [0.25, 0.3) is 11.8 Å². The number of amides is 6. The highest BCUT2D eigenvalue weighted by molar-refractivity contribution is 6.23. The minimum Gasteiger partial charge on any atom is -0.338 e. The van der Waals surface area contributed by atoms with Crippen LogP contribution in [0.4, 0.5) is 10.5 Å². The van der Waals surface area contributed by atoms with Crippen LogP contribution in [0.3, 0.4) is 0 Å². The summed E-state index contributed by atoms with van der Waals surface area (Å²) < 4.78 is 0. The second-order valence-corrected chi connectivity index (χ2v) is 7.68. The first kappa shape index (κ1) is 21.2. The first-order valence-electron chi connectivity index (χ1n) is 10.4. The zero-order valence-electron chi connectivity index (χ0n) is 17.2. The van der Waals surface area contributed by atoms with E-state index in [4.69, 9.17) is 0 Å². The zero-order valence-corrected chi connectivity index (χ0v) is 17.2. The number of hydrogen-bond acceptors (Lipinski definition) is 5. The Labute approximate surface area is 184 Å². The molecule has 0 aliphatic carbocycles. The van der Waals surface area contributed by atoms with Crippen molar-refractivity contribution in [3.63, 3.8) is 0 Å². The second kappa shape index (κ2) is 9.01. The summed E-state index contributed by atoms with van der Waals surface area (Å²) in [6.07, 6.45) is 1.44. The largest absolute Gasteiger partial charge is 0.338 e. The number of urea groups is 1. The number of nitrogens with zero attached hydrogens (tertiary/aromatic N) is 1. The Bertz CT molecular complexity index is 1100. The van der Waals surface area contributed by atoms with Gasteiger partial charge in [0.05, 0.1) is 11.1 Å². The fourth-order valence-corrected chi connectivity index (χ4v) is 3.86. The standard InChI is InChI=1S/C23H22N4O5/c28-19-11-10-18(20(29)26-19)27-21(30)16-9-8-14(13-17(16)22(27)31)5-4-12-24-23(32)25-15-6-2-1-3-7-15/h1-3,6-9,13,18H,4-5,10-12H2,(H2,24,25,32)(H,26,28,29). The fourth-order valence-electron chi connectivity index (χ4n) is 3.86. The number of aryl methyl sites for hydroxylation is 1. The molecule has 0 bridgehead atoms. The van der Waals surface area contributed by atoms with Crippen LogP contribution in [-0.4, -0.2) is 47.1 Å². The SMILES string of the molecule is O=C1CCC(N2C(=O)c3ccc(CCCNC(=O)Nc4ccccc4)cc3C2=O)C(=O)N1. The van der Waals surface area contributed by atoms with E-state index >= 15 is 0 Å². The number of carbonyl (C=O) groups is 5. The minimum absolute atomic E-state index is 0.0832. The van der Waals surface area contributed by atoms with Crippen LogP contribution in [0.1, 0.15) is 45.5 Å². The van der Waals surface area contributed by atoms with Gasteiger partial charge >= 0.3 is 6.03 Å². The first-order chi connectivity index (χ1) is 15.4. The van der Waals surface area contributed by atoms with Gasteiger partial charge in [0.2, 0.25) is 11.8 Å². The second-order valence-electron chi connectivity index (χ2n) is 7.68. The van der Waals surface area contributed by atoms with E-state index in [1.807, 2.05) is 18.2 Å². The molecule has 164 valence electrons. The van der Waals surface area contributed by atoms with E-state index in [9.17, 15) is 24.0 Å². The Morgan fingerprint density at radius 2 is 1.75 bits per heavy atom. The summed E-state index contributed by atoms with van der Waals surface area (Å²) in [7, 11) is 0. The van der Waals surface area contributed by atoms with Crippen molar-refractivity contribution in [3.05, 3.63) is 65.2 Å². The molecule has 2 aliphatic heterocycles. The summed E-state index contributed by atoms with van der Waals surface area (Å²) in [4.78, 5) is 61.9. The van der Waals surface area contributed by atoms with E-state index in [0.29, 0.717) is 25.1 Å². The molecule has 6 amide bonds. The molecule has 32 heavy (non-hydrogen) atoms. The highest BCUT2D eigenvalue weighted by Crippen LogP contribution is 2.28. The molecule has 0 radical (unpaired) electrons. The summed E-state index contributed by atoms with van der Waals surface area (Å²) in [5.74, 6) is -2.08. The lowest BCUT2D eigenvalue weighted by Gasteiger charge is -2.27. The van der Waals surface area contributed by atoms with Gasteiger partial charge in [-0.1, -0.05) is 24.3 Å². The van der Waals surface area contributed by atoms with Crippen LogP contribution in [0.2, 0.25) is 0 Å². The Morgan fingerprint density at radius 3 is 2.50 bits per heavy atom. The number of rotatable bonds is 6. The van der Waals surface area contributed by atoms with Gasteiger partial charge in [-0.15, -0.1) is 0 Å². The van der Waals surface area contributed by atoms with Crippen LogP contribution in [0, 0.1) is 0 Å². The number of imide groups is 2. The number of hydrogen-bond donors (Lipinski definition) is 3. The molecule has 9 heteroatoms. The van der Waals surface area contributed by atoms with Crippen LogP contribution < -0.4 is 16.0 Å². The average Bonchev–Trinajstić information content (AvgIpc) is 3.02. The van der Waals surface area contributed by atoms with Crippen molar-refractivity contribution in [2.45, 2.75) is 31.7 Å². The molecule has 2 heterocycles. The predicted molar refractivity (Wildman–Crippen MR) is 115 cm³/mol. The molecule has 0 saturated carbocycles. The number of piperidine rings is 1. The third-order valence-corrected chi connectivity index (χ3v) is 5.46. The molecular formula is C23H22N4O5. The van der Waals surface area contributed by atoms with Crippen molar-refractivity contribution in [3.8, 4) is 0 Å². The molecule has 2 aromatic carbocycles. The average molecular weight is 434 g/mol. The molecule has 0 spiro atoms. The number of carbonyl (C=O) groups excluding carboxylic acids is 5. The molecule has 2 aromatic rings. The third-order valence-electron chi connectivity index (χ3n) is 5.46. The first-order valence-corrected chi connectivity index (χ1v) is 10.4. The predicted octanol–water partition coefficient (Wildman–Crippen LogP) is 1.84. The molecule has 4 rings (SSSR count). The van der Waals surface area contributed by atoms with Crippen molar-refractivity contribution in [2.24, 2.45) is 0 Å². The van der Waals surface area contributed by atoms with E-state index < -0.39 is 29.7 Å². The molecule has 1 unspecified atom stereocenters. The third kappa shape index (κ3) is 4.36. The zero-order chi connectivity index (χ0) is 22.7. The minimum atomic E-state index is -0.976. The maximum absolute atomic E-state index is 12.9. The quantitative estimate of drug-likeness (QED) is 0.473. The van der Waals surface area contributed by atoms with Gasteiger partial charge in [0, 0.05) is 18.7 Å². The van der Waals surface area contributed by atoms with Gasteiger partial charge in [-0.25, -0.2) is 4.79 Å². The molecule has 3 N–H and O–H groups in total. The Kier molecular flexibility index (Phi) is 5.98.